The Kier molecular flexibility index (Phi) is 1.93. The van der Waals surface area contributed by atoms with Gasteiger partial charge in [0.15, 0.2) is 5.65 Å². The summed E-state index contributed by atoms with van der Waals surface area (Å²) in [6.45, 7) is 1.99. The normalized spacial score (nSPS) is 9.62. The van der Waals surface area contributed by atoms with Crippen LogP contribution >= 0.6 is 0 Å². The minimum atomic E-state index is 0.529. The van der Waals surface area contributed by atoms with Gasteiger partial charge in [-0.15, -0.1) is 0 Å². The molecule has 0 radical (unpaired) electrons. The van der Waals surface area contributed by atoms with Crippen LogP contribution in [0.1, 0.15) is 19.2 Å². The number of aromatic nitrogens is 4. The number of rotatable bonds is 0. The standard InChI is InChI=1S/C9H8N4/c1-2-3-4-8-10-5-7-9(13-8)12-6-11-7/h5-6H,2H2,1H3,(H,10,11,12,13). The zero-order chi connectivity index (χ0) is 9.10. The Labute approximate surface area is 75.4 Å². The van der Waals surface area contributed by atoms with Gasteiger partial charge in [-0.3, -0.25) is 0 Å². The van der Waals surface area contributed by atoms with Crippen molar-refractivity contribution in [1.82, 2.24) is 19.9 Å². The van der Waals surface area contributed by atoms with E-state index in [1.165, 1.54) is 0 Å². The van der Waals surface area contributed by atoms with Crippen LogP contribution in [0.15, 0.2) is 12.5 Å². The van der Waals surface area contributed by atoms with Crippen molar-refractivity contribution >= 4 is 11.2 Å². The van der Waals surface area contributed by atoms with E-state index < -0.39 is 0 Å². The molecule has 4 nitrogen and oxygen atoms in total. The third kappa shape index (κ3) is 1.49. The summed E-state index contributed by atoms with van der Waals surface area (Å²) in [5.41, 5.74) is 1.50. The molecule has 2 aromatic heterocycles. The van der Waals surface area contributed by atoms with Gasteiger partial charge in [0.2, 0.25) is 5.82 Å². The Bertz CT molecular complexity index is 475. The fourth-order valence-corrected chi connectivity index (χ4v) is 0.964. The van der Waals surface area contributed by atoms with E-state index in [9.17, 15) is 0 Å². The lowest BCUT2D eigenvalue weighted by Crippen LogP contribution is -1.88. The van der Waals surface area contributed by atoms with Gasteiger partial charge in [-0.1, -0.05) is 12.8 Å². The molecule has 0 aliphatic heterocycles. The van der Waals surface area contributed by atoms with Crippen molar-refractivity contribution in [2.75, 3.05) is 0 Å². The topological polar surface area (TPSA) is 54.5 Å². The molecule has 1 N–H and O–H groups in total. The molecular weight excluding hydrogens is 164 g/mol. The molecule has 0 amide bonds. The molecule has 2 rings (SSSR count). The number of hydrogen-bond donors (Lipinski definition) is 1. The van der Waals surface area contributed by atoms with Gasteiger partial charge in [0, 0.05) is 6.42 Å². The van der Waals surface area contributed by atoms with E-state index in [4.69, 9.17) is 0 Å². The first-order chi connectivity index (χ1) is 6.40. The second kappa shape index (κ2) is 3.23. The summed E-state index contributed by atoms with van der Waals surface area (Å²) in [4.78, 5) is 15.1. The lowest BCUT2D eigenvalue weighted by atomic mass is 10.4. The average Bonchev–Trinajstić information content (AvgIpc) is 2.61. The van der Waals surface area contributed by atoms with E-state index in [2.05, 4.69) is 31.8 Å². The molecule has 64 valence electrons. The van der Waals surface area contributed by atoms with E-state index >= 15 is 0 Å². The SMILES string of the molecule is CCC#Cc1ncc2[nH]cnc2n1. The summed E-state index contributed by atoms with van der Waals surface area (Å²) in [7, 11) is 0. The van der Waals surface area contributed by atoms with Crippen LogP contribution in [-0.2, 0) is 0 Å². The Morgan fingerprint density at radius 1 is 1.46 bits per heavy atom. The second-order valence-corrected chi connectivity index (χ2v) is 2.49. The number of hydrogen-bond acceptors (Lipinski definition) is 3. The molecule has 2 aromatic rings. The van der Waals surface area contributed by atoms with Crippen LogP contribution in [0, 0.1) is 11.8 Å². The zero-order valence-corrected chi connectivity index (χ0v) is 7.20. The number of nitrogens with zero attached hydrogens (tertiary/aromatic N) is 3. The summed E-state index contributed by atoms with van der Waals surface area (Å²) in [5.74, 6) is 6.29. The molecule has 0 saturated heterocycles. The third-order valence-electron chi connectivity index (χ3n) is 1.55. The molecule has 0 aliphatic rings. The molecule has 0 fully saturated rings. The van der Waals surface area contributed by atoms with E-state index in [1.807, 2.05) is 6.92 Å². The Balaban J connectivity index is 2.48. The highest BCUT2D eigenvalue weighted by molar-refractivity contribution is 5.68. The second-order valence-electron chi connectivity index (χ2n) is 2.49. The fraction of sp³-hybridized carbons (Fsp3) is 0.222. The van der Waals surface area contributed by atoms with Crippen LogP contribution in [0.2, 0.25) is 0 Å². The van der Waals surface area contributed by atoms with Crippen molar-refractivity contribution in [2.45, 2.75) is 13.3 Å². The van der Waals surface area contributed by atoms with E-state index in [0.717, 1.165) is 11.9 Å². The largest absolute Gasteiger partial charge is 0.342 e. The lowest BCUT2D eigenvalue weighted by molar-refractivity contribution is 1.15. The Morgan fingerprint density at radius 2 is 2.38 bits per heavy atom. The van der Waals surface area contributed by atoms with Crippen LogP contribution in [-0.4, -0.2) is 19.9 Å². The van der Waals surface area contributed by atoms with Crippen LogP contribution in [0.25, 0.3) is 11.2 Å². The number of aromatic amines is 1. The lowest BCUT2D eigenvalue weighted by Gasteiger charge is -1.87. The van der Waals surface area contributed by atoms with Crippen LogP contribution < -0.4 is 0 Å². The van der Waals surface area contributed by atoms with Crippen molar-refractivity contribution in [2.24, 2.45) is 0 Å². The zero-order valence-electron chi connectivity index (χ0n) is 7.20. The van der Waals surface area contributed by atoms with Crippen molar-refractivity contribution < 1.29 is 0 Å². The summed E-state index contributed by atoms with van der Waals surface area (Å²) in [6.07, 6.45) is 4.09. The van der Waals surface area contributed by atoms with Crippen molar-refractivity contribution in [3.05, 3.63) is 18.3 Å². The third-order valence-corrected chi connectivity index (χ3v) is 1.55. The van der Waals surface area contributed by atoms with Crippen molar-refractivity contribution in [3.8, 4) is 11.8 Å². The predicted octanol–water partition coefficient (Wildman–Crippen LogP) is 1.11. The van der Waals surface area contributed by atoms with Gasteiger partial charge in [0.25, 0.3) is 0 Å². The smallest absolute Gasteiger partial charge is 0.207 e. The van der Waals surface area contributed by atoms with Gasteiger partial charge in [-0.05, 0) is 5.92 Å². The van der Waals surface area contributed by atoms with E-state index in [-0.39, 0.29) is 0 Å². The molecule has 0 unspecified atom stereocenters. The molecule has 0 aromatic carbocycles. The van der Waals surface area contributed by atoms with Crippen LogP contribution in [0.5, 0.6) is 0 Å². The molecule has 0 saturated carbocycles. The highest BCUT2D eigenvalue weighted by Gasteiger charge is 1.97. The highest BCUT2D eigenvalue weighted by atomic mass is 15.0. The number of imidazole rings is 1. The van der Waals surface area contributed by atoms with Crippen molar-refractivity contribution in [3.63, 3.8) is 0 Å². The Morgan fingerprint density at radius 3 is 3.23 bits per heavy atom. The first kappa shape index (κ1) is 7.74. The first-order valence-corrected chi connectivity index (χ1v) is 4.05. The number of H-pyrrole nitrogens is 1. The monoisotopic (exact) mass is 172 g/mol. The molecule has 0 aliphatic carbocycles. The van der Waals surface area contributed by atoms with Crippen LogP contribution in [0.4, 0.5) is 0 Å². The molecule has 4 heteroatoms. The highest BCUT2D eigenvalue weighted by Crippen LogP contribution is 2.02. The molecule has 0 spiro atoms. The molecule has 13 heavy (non-hydrogen) atoms. The van der Waals surface area contributed by atoms with Crippen LogP contribution in [0.3, 0.4) is 0 Å². The maximum Gasteiger partial charge on any atom is 0.207 e. The quantitative estimate of drug-likeness (QED) is 0.606. The minimum absolute atomic E-state index is 0.529. The number of nitrogens with one attached hydrogen (secondary N) is 1. The predicted molar refractivity (Wildman–Crippen MR) is 48.9 cm³/mol. The average molecular weight is 172 g/mol. The Hall–Kier alpha value is -1.89. The van der Waals surface area contributed by atoms with Gasteiger partial charge < -0.3 is 4.98 Å². The van der Waals surface area contributed by atoms with Gasteiger partial charge in [-0.2, -0.15) is 4.98 Å². The van der Waals surface area contributed by atoms with Gasteiger partial charge in [-0.25, -0.2) is 9.97 Å². The minimum Gasteiger partial charge on any atom is -0.342 e. The summed E-state index contributed by atoms with van der Waals surface area (Å²) < 4.78 is 0. The van der Waals surface area contributed by atoms with E-state index in [1.54, 1.807) is 12.5 Å². The maximum atomic E-state index is 4.15. The number of fused-ring (bicyclic) bond motifs is 1. The van der Waals surface area contributed by atoms with Crippen molar-refractivity contribution in [1.29, 1.82) is 0 Å². The fourth-order valence-electron chi connectivity index (χ4n) is 0.964. The summed E-state index contributed by atoms with van der Waals surface area (Å²) in [6, 6.07) is 0. The van der Waals surface area contributed by atoms with Gasteiger partial charge in [0.05, 0.1) is 12.5 Å². The van der Waals surface area contributed by atoms with E-state index in [0.29, 0.717) is 11.5 Å². The van der Waals surface area contributed by atoms with Gasteiger partial charge in [0.1, 0.15) is 5.52 Å². The van der Waals surface area contributed by atoms with Gasteiger partial charge >= 0.3 is 0 Å². The molecular formula is C9H8N4. The maximum absolute atomic E-state index is 4.15. The molecule has 0 bridgehead atoms. The molecule has 2 heterocycles. The summed E-state index contributed by atoms with van der Waals surface area (Å²) in [5, 5.41) is 0. The first-order valence-electron chi connectivity index (χ1n) is 4.05. The molecule has 0 atom stereocenters. The summed E-state index contributed by atoms with van der Waals surface area (Å²) >= 11 is 0.